The zero-order valence-electron chi connectivity index (χ0n) is 12.8. The number of benzene rings is 1. The lowest BCUT2D eigenvalue weighted by Crippen LogP contribution is -2.40. The summed E-state index contributed by atoms with van der Waals surface area (Å²) in [5.41, 5.74) is 6.61. The Labute approximate surface area is 139 Å². The fourth-order valence-corrected chi connectivity index (χ4v) is 2.91. The number of amides is 1. The molecule has 2 aromatic rings. The van der Waals surface area contributed by atoms with Gasteiger partial charge in [-0.05, 0) is 42.6 Å². The summed E-state index contributed by atoms with van der Waals surface area (Å²) in [7, 11) is 0. The number of halogens is 1. The third-order valence-electron chi connectivity index (χ3n) is 3.98. The lowest BCUT2D eigenvalue weighted by atomic mass is 10.1. The van der Waals surface area contributed by atoms with E-state index < -0.39 is 0 Å². The van der Waals surface area contributed by atoms with Crippen LogP contribution in [-0.2, 0) is 4.79 Å². The van der Waals surface area contributed by atoms with Crippen LogP contribution in [0.25, 0.3) is 11.0 Å². The van der Waals surface area contributed by atoms with Gasteiger partial charge >= 0.3 is 0 Å². The summed E-state index contributed by atoms with van der Waals surface area (Å²) in [6, 6.07) is 4.81. The van der Waals surface area contributed by atoms with Gasteiger partial charge in [-0.15, -0.1) is 0 Å². The highest BCUT2D eigenvalue weighted by molar-refractivity contribution is 6.31. The van der Waals surface area contributed by atoms with E-state index >= 15 is 0 Å². The van der Waals surface area contributed by atoms with Crippen molar-refractivity contribution in [2.75, 3.05) is 19.7 Å². The molecule has 1 saturated heterocycles. The highest BCUT2D eigenvalue weighted by Gasteiger charge is 2.20. The summed E-state index contributed by atoms with van der Waals surface area (Å²) in [6.45, 7) is 1.87. The van der Waals surface area contributed by atoms with Crippen LogP contribution in [0.1, 0.15) is 25.7 Å². The third kappa shape index (κ3) is 3.95. The molecule has 0 saturated carbocycles. The van der Waals surface area contributed by atoms with Gasteiger partial charge in [0.05, 0.1) is 5.39 Å². The molecule has 0 aliphatic carbocycles. The number of ether oxygens (including phenoxy) is 1. The summed E-state index contributed by atoms with van der Waals surface area (Å²) in [6.07, 6.45) is 3.61. The van der Waals surface area contributed by atoms with Gasteiger partial charge in [0, 0.05) is 30.6 Å². The number of hydrogen-bond donors (Lipinski definition) is 1. The molecule has 0 spiro atoms. The van der Waals surface area contributed by atoms with Gasteiger partial charge in [-0.3, -0.25) is 4.79 Å². The van der Waals surface area contributed by atoms with E-state index in [1.165, 1.54) is 6.42 Å². The molecule has 124 valence electrons. The van der Waals surface area contributed by atoms with Crippen LogP contribution >= 0.6 is 11.6 Å². The number of nitrogens with two attached hydrogens (primary N) is 1. The Bertz CT molecular complexity index is 682. The summed E-state index contributed by atoms with van der Waals surface area (Å²) < 4.78 is 10.8. The number of carbonyl (C=O) groups excluding carboxylic acids is 1. The monoisotopic (exact) mass is 337 g/mol. The largest absolute Gasteiger partial charge is 0.473 e. The van der Waals surface area contributed by atoms with Crippen LogP contribution < -0.4 is 10.5 Å². The van der Waals surface area contributed by atoms with Crippen LogP contribution in [0.4, 0.5) is 0 Å². The van der Waals surface area contributed by atoms with Crippen LogP contribution in [0, 0.1) is 0 Å². The molecule has 7 heteroatoms. The molecule has 6 nitrogen and oxygen atoms in total. The highest BCUT2D eigenvalue weighted by Crippen LogP contribution is 2.27. The minimum Gasteiger partial charge on any atom is -0.473 e. The Morgan fingerprint density at radius 3 is 2.96 bits per heavy atom. The Morgan fingerprint density at radius 2 is 2.17 bits per heavy atom. The number of carbonyl (C=O) groups is 1. The van der Waals surface area contributed by atoms with Crippen LogP contribution in [0.5, 0.6) is 5.88 Å². The van der Waals surface area contributed by atoms with Crippen molar-refractivity contribution in [2.45, 2.75) is 31.7 Å². The second kappa shape index (κ2) is 7.19. The summed E-state index contributed by atoms with van der Waals surface area (Å²) in [4.78, 5) is 14.0. The zero-order chi connectivity index (χ0) is 16.2. The van der Waals surface area contributed by atoms with E-state index in [0.29, 0.717) is 21.9 Å². The van der Waals surface area contributed by atoms with Gasteiger partial charge in [0.25, 0.3) is 5.88 Å². The molecule has 1 aliphatic rings. The van der Waals surface area contributed by atoms with Gasteiger partial charge in [-0.1, -0.05) is 11.6 Å². The molecule has 2 heterocycles. The van der Waals surface area contributed by atoms with Crippen molar-refractivity contribution in [2.24, 2.45) is 5.73 Å². The second-order valence-electron chi connectivity index (χ2n) is 5.84. The first-order valence-corrected chi connectivity index (χ1v) is 8.22. The van der Waals surface area contributed by atoms with Crippen LogP contribution in [0.2, 0.25) is 5.02 Å². The Balaban J connectivity index is 1.54. The zero-order valence-corrected chi connectivity index (χ0v) is 13.6. The van der Waals surface area contributed by atoms with Gasteiger partial charge in [0.2, 0.25) is 5.91 Å². The van der Waals surface area contributed by atoms with E-state index in [1.54, 1.807) is 18.2 Å². The van der Waals surface area contributed by atoms with Gasteiger partial charge in [-0.2, -0.15) is 0 Å². The molecule has 1 aromatic heterocycles. The van der Waals surface area contributed by atoms with Crippen LogP contribution in [-0.4, -0.2) is 41.7 Å². The van der Waals surface area contributed by atoms with E-state index in [9.17, 15) is 4.79 Å². The van der Waals surface area contributed by atoms with Crippen LogP contribution in [0.3, 0.4) is 0 Å². The van der Waals surface area contributed by atoms with Crippen molar-refractivity contribution in [1.29, 1.82) is 0 Å². The highest BCUT2D eigenvalue weighted by atomic mass is 35.5. The first kappa shape index (κ1) is 16.1. The quantitative estimate of drug-likeness (QED) is 0.906. The van der Waals surface area contributed by atoms with Gasteiger partial charge in [-0.25, -0.2) is 0 Å². The molecular formula is C16H20ClN3O3. The molecule has 1 fully saturated rings. The van der Waals surface area contributed by atoms with E-state index in [1.807, 2.05) is 4.90 Å². The van der Waals surface area contributed by atoms with Crippen molar-refractivity contribution in [3.8, 4) is 5.88 Å². The second-order valence-corrected chi connectivity index (χ2v) is 6.28. The molecule has 23 heavy (non-hydrogen) atoms. The average Bonchev–Trinajstić information content (AvgIpc) is 2.96. The van der Waals surface area contributed by atoms with Crippen molar-refractivity contribution < 1.29 is 14.1 Å². The molecular weight excluding hydrogens is 318 g/mol. The maximum atomic E-state index is 12.2. The van der Waals surface area contributed by atoms with Crippen LogP contribution in [0.15, 0.2) is 22.7 Å². The maximum Gasteiger partial charge on any atom is 0.262 e. The maximum absolute atomic E-state index is 12.2. The minimum atomic E-state index is -0.379. The summed E-state index contributed by atoms with van der Waals surface area (Å²) >= 11 is 5.97. The molecule has 1 aromatic carbocycles. The smallest absolute Gasteiger partial charge is 0.262 e. The fourth-order valence-electron chi connectivity index (χ4n) is 2.73. The van der Waals surface area contributed by atoms with E-state index in [0.717, 1.165) is 25.9 Å². The SMILES string of the molecule is NC(COc1noc2ccc(Cl)cc12)CC(=O)N1CCCCC1. The van der Waals surface area contributed by atoms with Crippen molar-refractivity contribution in [3.05, 3.63) is 23.2 Å². The molecule has 0 bridgehead atoms. The van der Waals surface area contributed by atoms with Gasteiger partial charge < -0.3 is 19.9 Å². The predicted octanol–water partition coefficient (Wildman–Crippen LogP) is 2.59. The van der Waals surface area contributed by atoms with Crippen molar-refractivity contribution in [3.63, 3.8) is 0 Å². The third-order valence-corrected chi connectivity index (χ3v) is 4.21. The van der Waals surface area contributed by atoms with E-state index in [2.05, 4.69) is 5.16 Å². The van der Waals surface area contributed by atoms with Gasteiger partial charge in [0.15, 0.2) is 5.58 Å². The van der Waals surface area contributed by atoms with E-state index in [4.69, 9.17) is 26.6 Å². The summed E-state index contributed by atoms with van der Waals surface area (Å²) in [5, 5.41) is 5.15. The number of likely N-dealkylation sites (tertiary alicyclic amines) is 1. The van der Waals surface area contributed by atoms with Gasteiger partial charge in [0.1, 0.15) is 6.61 Å². The lowest BCUT2D eigenvalue weighted by Gasteiger charge is -2.27. The van der Waals surface area contributed by atoms with Crippen molar-refractivity contribution >= 4 is 28.5 Å². The molecule has 2 N–H and O–H groups in total. The molecule has 3 rings (SSSR count). The Hall–Kier alpha value is -1.79. The van der Waals surface area contributed by atoms with E-state index in [-0.39, 0.29) is 25.0 Å². The number of rotatable bonds is 5. The lowest BCUT2D eigenvalue weighted by molar-refractivity contribution is -0.132. The Kier molecular flexibility index (Phi) is 5.03. The molecule has 0 radical (unpaired) electrons. The molecule has 1 amide bonds. The van der Waals surface area contributed by atoms with Crippen molar-refractivity contribution in [1.82, 2.24) is 10.1 Å². The Morgan fingerprint density at radius 1 is 1.39 bits per heavy atom. The topological polar surface area (TPSA) is 81.6 Å². The number of aromatic nitrogens is 1. The first-order chi connectivity index (χ1) is 11.1. The first-order valence-electron chi connectivity index (χ1n) is 7.84. The predicted molar refractivity (Wildman–Crippen MR) is 87.5 cm³/mol. The fraction of sp³-hybridized carbons (Fsp3) is 0.500. The summed E-state index contributed by atoms with van der Waals surface area (Å²) in [5.74, 6) is 0.442. The number of fused-ring (bicyclic) bond motifs is 1. The average molecular weight is 338 g/mol. The number of hydrogen-bond acceptors (Lipinski definition) is 5. The molecule has 1 unspecified atom stereocenters. The minimum absolute atomic E-state index is 0.0915. The number of nitrogens with zero attached hydrogens (tertiary/aromatic N) is 2. The molecule has 1 aliphatic heterocycles. The number of piperidine rings is 1. The molecule has 1 atom stereocenters. The standard InChI is InChI=1S/C16H20ClN3O3/c17-11-4-5-14-13(8-11)16(19-23-14)22-10-12(18)9-15(21)20-6-2-1-3-7-20/h4-5,8,12H,1-3,6-7,9-10,18H2. The normalized spacial score (nSPS) is 16.5.